The van der Waals surface area contributed by atoms with Gasteiger partial charge in [-0.25, -0.2) is 0 Å². The molecule has 31 heavy (non-hydrogen) atoms. The lowest BCUT2D eigenvalue weighted by molar-refractivity contribution is -0.134. The third-order valence-corrected chi connectivity index (χ3v) is 5.58. The Hall–Kier alpha value is -1.84. The zero-order valence-corrected chi connectivity index (χ0v) is 20.3. The molecule has 0 atom stereocenters. The van der Waals surface area contributed by atoms with Crippen LogP contribution in [0, 0.1) is 0 Å². The van der Waals surface area contributed by atoms with Gasteiger partial charge in [0.15, 0.2) is 11.5 Å². The Morgan fingerprint density at radius 1 is 0.806 bits per heavy atom. The molecular formula is C27H45NO3. The van der Waals surface area contributed by atoms with Crippen LogP contribution in [0.25, 0.3) is 0 Å². The summed E-state index contributed by atoms with van der Waals surface area (Å²) in [5, 5.41) is 0. The second kappa shape index (κ2) is 18.9. The molecule has 4 heteroatoms. The maximum atomic E-state index is 11.5. The number of esters is 1. The van der Waals surface area contributed by atoms with Crippen LogP contribution >= 0.6 is 0 Å². The van der Waals surface area contributed by atoms with Crippen molar-refractivity contribution in [3.05, 3.63) is 23.8 Å². The molecule has 1 rings (SSSR count). The van der Waals surface area contributed by atoms with Crippen LogP contribution in [0.15, 0.2) is 23.2 Å². The van der Waals surface area contributed by atoms with Crippen molar-refractivity contribution in [3.63, 3.8) is 0 Å². The zero-order valence-electron chi connectivity index (χ0n) is 20.3. The summed E-state index contributed by atoms with van der Waals surface area (Å²) in [5.74, 6) is 0.748. The fourth-order valence-corrected chi connectivity index (χ4v) is 3.61. The van der Waals surface area contributed by atoms with Crippen molar-refractivity contribution in [1.82, 2.24) is 0 Å². The number of nitrogens with zero attached hydrogens (tertiary/aromatic N) is 1. The first-order chi connectivity index (χ1) is 15.2. The fourth-order valence-electron chi connectivity index (χ4n) is 3.61. The highest BCUT2D eigenvalue weighted by Crippen LogP contribution is 2.28. The van der Waals surface area contributed by atoms with E-state index >= 15 is 0 Å². The molecule has 0 saturated heterocycles. The molecule has 0 fully saturated rings. The van der Waals surface area contributed by atoms with Crippen LogP contribution < -0.4 is 9.47 Å². The zero-order chi connectivity index (χ0) is 22.6. The number of benzene rings is 1. The van der Waals surface area contributed by atoms with Crippen molar-refractivity contribution in [2.45, 2.75) is 110 Å². The first-order valence-electron chi connectivity index (χ1n) is 12.6. The van der Waals surface area contributed by atoms with Gasteiger partial charge in [-0.3, -0.25) is 9.79 Å². The quantitative estimate of drug-likeness (QED) is 0.0967. The third-order valence-electron chi connectivity index (χ3n) is 5.58. The van der Waals surface area contributed by atoms with E-state index in [9.17, 15) is 4.79 Å². The molecular weight excluding hydrogens is 386 g/mol. The Kier molecular flexibility index (Phi) is 16.6. The van der Waals surface area contributed by atoms with Gasteiger partial charge in [-0.1, -0.05) is 97.3 Å². The lowest BCUT2D eigenvalue weighted by Gasteiger charge is -2.09. The molecule has 0 heterocycles. The van der Waals surface area contributed by atoms with Gasteiger partial charge in [-0.15, -0.1) is 0 Å². The Labute approximate surface area is 190 Å². The van der Waals surface area contributed by atoms with Crippen molar-refractivity contribution in [1.29, 1.82) is 0 Å². The molecule has 176 valence electrons. The minimum Gasteiger partial charge on any atom is -0.493 e. The molecule has 0 amide bonds. The molecule has 0 aliphatic carbocycles. The highest BCUT2D eigenvalue weighted by Gasteiger charge is 2.08. The largest absolute Gasteiger partial charge is 0.493 e. The van der Waals surface area contributed by atoms with E-state index in [0.717, 1.165) is 18.5 Å². The van der Waals surface area contributed by atoms with Crippen molar-refractivity contribution in [2.75, 3.05) is 13.7 Å². The van der Waals surface area contributed by atoms with Crippen LogP contribution in [-0.4, -0.2) is 25.8 Å². The first kappa shape index (κ1) is 27.2. The van der Waals surface area contributed by atoms with E-state index in [0.29, 0.717) is 17.9 Å². The Morgan fingerprint density at radius 3 is 1.87 bits per heavy atom. The number of aliphatic imine (C=N–C) groups is 1. The van der Waals surface area contributed by atoms with E-state index in [1.54, 1.807) is 20.1 Å². The summed E-state index contributed by atoms with van der Waals surface area (Å²) in [6.07, 6.45) is 21.4. The minimum absolute atomic E-state index is 0.266. The molecule has 0 aliphatic heterocycles. The topological polar surface area (TPSA) is 47.9 Å². The third kappa shape index (κ3) is 14.0. The van der Waals surface area contributed by atoms with Gasteiger partial charge < -0.3 is 9.47 Å². The predicted octanol–water partition coefficient (Wildman–Crippen LogP) is 7.91. The average molecular weight is 432 g/mol. The number of ether oxygens (including phenoxy) is 2. The number of hydrogen-bond donors (Lipinski definition) is 0. The predicted molar refractivity (Wildman–Crippen MR) is 132 cm³/mol. The van der Waals surface area contributed by atoms with Gasteiger partial charge in [-0.05, 0) is 30.2 Å². The number of carbonyl (C=O) groups excluding carboxylic acids is 1. The molecule has 0 aromatic heterocycles. The van der Waals surface area contributed by atoms with E-state index < -0.39 is 0 Å². The normalized spacial score (nSPS) is 11.2. The van der Waals surface area contributed by atoms with E-state index in [2.05, 4.69) is 11.9 Å². The van der Waals surface area contributed by atoms with E-state index in [1.807, 2.05) is 18.3 Å². The van der Waals surface area contributed by atoms with Crippen molar-refractivity contribution in [3.8, 4) is 11.5 Å². The maximum Gasteiger partial charge on any atom is 0.311 e. The van der Waals surface area contributed by atoms with Gasteiger partial charge >= 0.3 is 5.97 Å². The number of hydrogen-bond acceptors (Lipinski definition) is 4. The van der Waals surface area contributed by atoms with Gasteiger partial charge in [-0.2, -0.15) is 0 Å². The molecule has 0 saturated carbocycles. The number of rotatable bonds is 19. The summed E-state index contributed by atoms with van der Waals surface area (Å²) in [7, 11) is 1.58. The van der Waals surface area contributed by atoms with Crippen LogP contribution in [-0.2, 0) is 4.79 Å². The molecule has 0 bridgehead atoms. The van der Waals surface area contributed by atoms with E-state index in [1.165, 1.54) is 83.5 Å². The molecule has 4 nitrogen and oxygen atoms in total. The summed E-state index contributed by atoms with van der Waals surface area (Å²) < 4.78 is 10.6. The SMILES string of the molecule is CCCCCCCCCCCCCCCCN=Cc1ccc(OC(=O)CC)c(OC)c1. The summed E-state index contributed by atoms with van der Waals surface area (Å²) in [4.78, 5) is 16.0. The second-order valence-electron chi connectivity index (χ2n) is 8.37. The molecule has 0 spiro atoms. The van der Waals surface area contributed by atoms with Crippen molar-refractivity contribution >= 4 is 12.2 Å². The highest BCUT2D eigenvalue weighted by molar-refractivity contribution is 5.81. The van der Waals surface area contributed by atoms with Gasteiger partial charge in [0, 0.05) is 19.2 Å². The summed E-state index contributed by atoms with van der Waals surface area (Å²) in [6.45, 7) is 4.90. The van der Waals surface area contributed by atoms with Crippen molar-refractivity contribution in [2.24, 2.45) is 4.99 Å². The number of unbranched alkanes of at least 4 members (excludes halogenated alkanes) is 13. The van der Waals surface area contributed by atoms with Crippen LogP contribution in [0.5, 0.6) is 11.5 Å². The Morgan fingerprint density at radius 2 is 1.35 bits per heavy atom. The van der Waals surface area contributed by atoms with Crippen molar-refractivity contribution < 1.29 is 14.3 Å². The lowest BCUT2D eigenvalue weighted by atomic mass is 10.0. The maximum absolute atomic E-state index is 11.5. The van der Waals surface area contributed by atoms with Crippen LogP contribution in [0.1, 0.15) is 116 Å². The number of carbonyl (C=O) groups is 1. The van der Waals surface area contributed by atoms with E-state index in [4.69, 9.17) is 9.47 Å². The van der Waals surface area contributed by atoms with Gasteiger partial charge in [0.05, 0.1) is 7.11 Å². The monoisotopic (exact) mass is 431 g/mol. The van der Waals surface area contributed by atoms with E-state index in [-0.39, 0.29) is 5.97 Å². The van der Waals surface area contributed by atoms with Gasteiger partial charge in [0.25, 0.3) is 0 Å². The van der Waals surface area contributed by atoms with Gasteiger partial charge in [0.1, 0.15) is 0 Å². The standard InChI is InChI=1S/C27H45NO3/c1-4-6-7-8-9-10-11-12-13-14-15-16-17-18-21-28-23-24-19-20-25(26(22-24)30-3)31-27(29)5-2/h19-20,22-23H,4-18,21H2,1-3H3. The van der Waals surface area contributed by atoms with Crippen LogP contribution in [0.2, 0.25) is 0 Å². The first-order valence-corrected chi connectivity index (χ1v) is 12.6. The smallest absolute Gasteiger partial charge is 0.311 e. The molecule has 0 N–H and O–H groups in total. The summed E-state index contributed by atoms with van der Waals surface area (Å²) in [6, 6.07) is 5.52. The molecule has 0 radical (unpaired) electrons. The number of methoxy groups -OCH3 is 1. The van der Waals surface area contributed by atoms with Crippen LogP contribution in [0.4, 0.5) is 0 Å². The lowest BCUT2D eigenvalue weighted by Crippen LogP contribution is -2.06. The molecule has 1 aromatic rings. The molecule has 1 aromatic carbocycles. The molecule has 0 aliphatic rings. The molecule has 0 unspecified atom stereocenters. The van der Waals surface area contributed by atoms with Gasteiger partial charge in [0.2, 0.25) is 0 Å². The summed E-state index contributed by atoms with van der Waals surface area (Å²) in [5.41, 5.74) is 0.957. The Balaban J connectivity index is 2.04. The Bertz CT molecular complexity index is 612. The fraction of sp³-hybridized carbons (Fsp3) is 0.704. The van der Waals surface area contributed by atoms with Crippen LogP contribution in [0.3, 0.4) is 0 Å². The average Bonchev–Trinajstić information content (AvgIpc) is 2.79. The minimum atomic E-state index is -0.266. The highest BCUT2D eigenvalue weighted by atomic mass is 16.6. The summed E-state index contributed by atoms with van der Waals surface area (Å²) >= 11 is 0. The second-order valence-corrected chi connectivity index (χ2v) is 8.37.